The number of halogens is 1. The summed E-state index contributed by atoms with van der Waals surface area (Å²) in [7, 11) is 0. The fraction of sp³-hybridized carbons (Fsp3) is 0.562. The van der Waals surface area contributed by atoms with Crippen LogP contribution in [0.15, 0.2) is 24.3 Å². The molecule has 2 fully saturated rings. The van der Waals surface area contributed by atoms with Gasteiger partial charge in [-0.2, -0.15) is 11.8 Å². The van der Waals surface area contributed by atoms with Gasteiger partial charge in [0.1, 0.15) is 0 Å². The monoisotopic (exact) mass is 310 g/mol. The second-order valence-corrected chi connectivity index (χ2v) is 7.31. The molecule has 108 valence electrons. The van der Waals surface area contributed by atoms with Crippen LogP contribution in [0.25, 0.3) is 0 Å². The van der Waals surface area contributed by atoms with Gasteiger partial charge in [0.05, 0.1) is 10.6 Å². The Kier molecular flexibility index (Phi) is 4.39. The number of thioether (sulfide) groups is 1. The summed E-state index contributed by atoms with van der Waals surface area (Å²) >= 11 is 8.15. The Morgan fingerprint density at radius 1 is 1.30 bits per heavy atom. The molecule has 0 aromatic heterocycles. The number of benzene rings is 1. The SMILES string of the molecule is O=C(c1ccccc1Cl)C1CCOC2(CCSCC2)C1. The predicted molar refractivity (Wildman–Crippen MR) is 83.7 cm³/mol. The van der Waals surface area contributed by atoms with Gasteiger partial charge in [-0.15, -0.1) is 0 Å². The zero-order valence-electron chi connectivity index (χ0n) is 11.4. The molecule has 1 aromatic rings. The second-order valence-electron chi connectivity index (χ2n) is 5.68. The molecule has 0 radical (unpaired) electrons. The highest BCUT2D eigenvalue weighted by Gasteiger charge is 2.41. The van der Waals surface area contributed by atoms with Gasteiger partial charge in [0.15, 0.2) is 5.78 Å². The fourth-order valence-corrected chi connectivity index (χ4v) is 4.69. The third-order valence-electron chi connectivity index (χ3n) is 4.41. The van der Waals surface area contributed by atoms with Crippen molar-refractivity contribution >= 4 is 29.1 Å². The molecular formula is C16H19ClO2S. The van der Waals surface area contributed by atoms with Crippen LogP contribution >= 0.6 is 23.4 Å². The van der Waals surface area contributed by atoms with E-state index in [9.17, 15) is 4.79 Å². The highest BCUT2D eigenvalue weighted by atomic mass is 35.5. The van der Waals surface area contributed by atoms with Gasteiger partial charge < -0.3 is 4.74 Å². The Morgan fingerprint density at radius 2 is 2.05 bits per heavy atom. The lowest BCUT2D eigenvalue weighted by Gasteiger charge is -2.43. The van der Waals surface area contributed by atoms with Crippen molar-refractivity contribution in [3.8, 4) is 0 Å². The van der Waals surface area contributed by atoms with Crippen LogP contribution in [0.1, 0.15) is 36.0 Å². The zero-order chi connectivity index (χ0) is 14.0. The third kappa shape index (κ3) is 2.90. The zero-order valence-corrected chi connectivity index (χ0v) is 13.0. The van der Waals surface area contributed by atoms with E-state index in [4.69, 9.17) is 16.3 Å². The first-order valence-corrected chi connectivity index (χ1v) is 8.74. The molecule has 4 heteroatoms. The maximum Gasteiger partial charge on any atom is 0.167 e. The van der Waals surface area contributed by atoms with Crippen LogP contribution in [0.2, 0.25) is 5.02 Å². The van der Waals surface area contributed by atoms with Gasteiger partial charge in [0.2, 0.25) is 0 Å². The molecule has 20 heavy (non-hydrogen) atoms. The molecule has 0 N–H and O–H groups in total. The maximum atomic E-state index is 12.7. The van der Waals surface area contributed by atoms with Crippen LogP contribution in [0.5, 0.6) is 0 Å². The maximum absolute atomic E-state index is 12.7. The first-order valence-electron chi connectivity index (χ1n) is 7.21. The molecule has 1 aromatic carbocycles. The van der Waals surface area contributed by atoms with Crippen LogP contribution in [0, 0.1) is 5.92 Å². The minimum atomic E-state index is -0.0505. The Bertz CT molecular complexity index is 491. The summed E-state index contributed by atoms with van der Waals surface area (Å²) in [4.78, 5) is 12.7. The van der Waals surface area contributed by atoms with Gasteiger partial charge in [0.25, 0.3) is 0 Å². The Morgan fingerprint density at radius 3 is 2.80 bits per heavy atom. The molecular weight excluding hydrogens is 292 g/mol. The highest BCUT2D eigenvalue weighted by Crippen LogP contribution is 2.41. The van der Waals surface area contributed by atoms with Crippen molar-refractivity contribution in [2.45, 2.75) is 31.3 Å². The van der Waals surface area contributed by atoms with Crippen molar-refractivity contribution in [3.63, 3.8) is 0 Å². The average molecular weight is 311 g/mol. The van der Waals surface area contributed by atoms with Gasteiger partial charge in [-0.05, 0) is 49.3 Å². The van der Waals surface area contributed by atoms with Crippen LogP contribution < -0.4 is 0 Å². The molecule has 0 saturated carbocycles. The Balaban J connectivity index is 1.77. The number of ketones is 1. The Hall–Kier alpha value is -0.510. The molecule has 2 aliphatic rings. The van der Waals surface area contributed by atoms with Gasteiger partial charge in [-0.1, -0.05) is 23.7 Å². The van der Waals surface area contributed by atoms with E-state index in [-0.39, 0.29) is 17.3 Å². The quantitative estimate of drug-likeness (QED) is 0.765. The van der Waals surface area contributed by atoms with E-state index in [2.05, 4.69) is 0 Å². The highest BCUT2D eigenvalue weighted by molar-refractivity contribution is 7.99. The number of ether oxygens (including phenoxy) is 1. The smallest absolute Gasteiger partial charge is 0.167 e. The summed E-state index contributed by atoms with van der Waals surface area (Å²) in [6.45, 7) is 0.700. The normalized spacial score (nSPS) is 25.6. The largest absolute Gasteiger partial charge is 0.375 e. The molecule has 3 rings (SSSR count). The van der Waals surface area contributed by atoms with Crippen LogP contribution in [-0.4, -0.2) is 29.5 Å². The Labute approximate surface area is 129 Å². The number of Topliss-reactive ketones (excluding diaryl/α,β-unsaturated/α-hetero) is 1. The van der Waals surface area contributed by atoms with E-state index in [1.54, 1.807) is 6.07 Å². The van der Waals surface area contributed by atoms with Crippen LogP contribution in [-0.2, 0) is 4.74 Å². The minimum Gasteiger partial charge on any atom is -0.375 e. The van der Waals surface area contributed by atoms with Gasteiger partial charge >= 0.3 is 0 Å². The lowest BCUT2D eigenvalue weighted by molar-refractivity contribution is -0.0959. The standard InChI is InChI=1S/C16H19ClO2S/c17-14-4-2-1-3-13(14)15(18)12-5-8-19-16(11-12)6-9-20-10-7-16/h1-4,12H,5-11H2. The molecule has 1 atom stereocenters. The van der Waals surface area contributed by atoms with Gasteiger partial charge in [0, 0.05) is 18.1 Å². The first kappa shape index (κ1) is 14.4. The van der Waals surface area contributed by atoms with Crippen molar-refractivity contribution < 1.29 is 9.53 Å². The van der Waals surface area contributed by atoms with Gasteiger partial charge in [-0.25, -0.2) is 0 Å². The molecule has 0 aliphatic carbocycles. The van der Waals surface area contributed by atoms with Crippen molar-refractivity contribution in [2.75, 3.05) is 18.1 Å². The number of rotatable bonds is 2. The fourth-order valence-electron chi connectivity index (χ4n) is 3.22. The van der Waals surface area contributed by atoms with Crippen LogP contribution in [0.3, 0.4) is 0 Å². The molecule has 2 nitrogen and oxygen atoms in total. The summed E-state index contributed by atoms with van der Waals surface area (Å²) < 4.78 is 6.05. The van der Waals surface area contributed by atoms with E-state index in [1.165, 1.54) is 0 Å². The first-order chi connectivity index (χ1) is 9.70. The number of carbonyl (C=O) groups excluding carboxylic acids is 1. The summed E-state index contributed by atoms with van der Waals surface area (Å²) in [5.41, 5.74) is 0.617. The van der Waals surface area contributed by atoms with E-state index in [0.29, 0.717) is 17.2 Å². The average Bonchev–Trinajstić information content (AvgIpc) is 2.48. The summed E-state index contributed by atoms with van der Waals surface area (Å²) in [5, 5.41) is 0.567. The number of carbonyl (C=O) groups is 1. The number of hydrogen-bond donors (Lipinski definition) is 0. The molecule has 2 aliphatic heterocycles. The van der Waals surface area contributed by atoms with E-state index in [0.717, 1.165) is 37.2 Å². The molecule has 1 spiro atoms. The molecule has 2 heterocycles. The number of hydrogen-bond acceptors (Lipinski definition) is 3. The second kappa shape index (κ2) is 6.08. The predicted octanol–water partition coefficient (Wildman–Crippen LogP) is 4.22. The van der Waals surface area contributed by atoms with E-state index in [1.807, 2.05) is 30.0 Å². The lowest BCUT2D eigenvalue weighted by Crippen LogP contribution is -2.44. The molecule has 0 amide bonds. The van der Waals surface area contributed by atoms with Crippen molar-refractivity contribution in [1.29, 1.82) is 0 Å². The van der Waals surface area contributed by atoms with E-state index >= 15 is 0 Å². The summed E-state index contributed by atoms with van der Waals surface area (Å²) in [6, 6.07) is 7.37. The molecule has 1 unspecified atom stereocenters. The summed E-state index contributed by atoms with van der Waals surface area (Å²) in [6.07, 6.45) is 3.82. The van der Waals surface area contributed by atoms with E-state index < -0.39 is 0 Å². The third-order valence-corrected chi connectivity index (χ3v) is 5.72. The topological polar surface area (TPSA) is 26.3 Å². The van der Waals surface area contributed by atoms with Crippen molar-refractivity contribution in [1.82, 2.24) is 0 Å². The summed E-state index contributed by atoms with van der Waals surface area (Å²) in [5.74, 6) is 2.54. The molecule has 0 bridgehead atoms. The molecule has 2 saturated heterocycles. The van der Waals surface area contributed by atoms with Crippen molar-refractivity contribution in [3.05, 3.63) is 34.9 Å². The van der Waals surface area contributed by atoms with Crippen molar-refractivity contribution in [2.24, 2.45) is 5.92 Å². The van der Waals surface area contributed by atoms with Gasteiger partial charge in [-0.3, -0.25) is 4.79 Å². The van der Waals surface area contributed by atoms with Crippen LogP contribution in [0.4, 0.5) is 0 Å². The lowest BCUT2D eigenvalue weighted by atomic mass is 9.79. The minimum absolute atomic E-state index is 0.0505.